The van der Waals surface area contributed by atoms with E-state index in [0.29, 0.717) is 6.42 Å². The van der Waals surface area contributed by atoms with E-state index in [-0.39, 0.29) is 6.61 Å². The Bertz CT molecular complexity index is 266. The van der Waals surface area contributed by atoms with Crippen LogP contribution in [-0.4, -0.2) is 22.9 Å². The van der Waals surface area contributed by atoms with Gasteiger partial charge in [-0.25, -0.2) is 0 Å². The second-order valence-corrected chi connectivity index (χ2v) is 3.94. The molecule has 0 aliphatic rings. The molecule has 0 aliphatic heterocycles. The van der Waals surface area contributed by atoms with Crippen LogP contribution in [-0.2, 0) is 12.8 Å². The Morgan fingerprint density at radius 3 is 2.07 bits per heavy atom. The number of hydrogen-bond acceptors (Lipinski definition) is 2. The molecule has 0 amide bonds. The average molecular weight is 208 g/mol. The van der Waals surface area contributed by atoms with Crippen molar-refractivity contribution in [2.45, 2.75) is 38.7 Å². The summed E-state index contributed by atoms with van der Waals surface area (Å²) in [5.41, 5.74) is 2.59. The Balaban J connectivity index is 2.42. The van der Waals surface area contributed by atoms with Crippen LogP contribution in [0.2, 0.25) is 0 Å². The van der Waals surface area contributed by atoms with E-state index < -0.39 is 6.10 Å². The molecule has 2 N–H and O–H groups in total. The fourth-order valence-electron chi connectivity index (χ4n) is 1.59. The fourth-order valence-corrected chi connectivity index (χ4v) is 1.59. The smallest absolute Gasteiger partial charge is 0.0774 e. The van der Waals surface area contributed by atoms with E-state index in [9.17, 15) is 5.11 Å². The summed E-state index contributed by atoms with van der Waals surface area (Å²) in [5, 5.41) is 17.9. The van der Waals surface area contributed by atoms with Gasteiger partial charge in [0, 0.05) is 0 Å². The van der Waals surface area contributed by atoms with Crippen molar-refractivity contribution < 1.29 is 10.2 Å². The van der Waals surface area contributed by atoms with E-state index in [4.69, 9.17) is 5.11 Å². The lowest BCUT2D eigenvalue weighted by Crippen LogP contribution is -2.12. The molecule has 0 radical (unpaired) electrons. The van der Waals surface area contributed by atoms with Gasteiger partial charge in [0.05, 0.1) is 12.7 Å². The van der Waals surface area contributed by atoms with Crippen molar-refractivity contribution in [2.24, 2.45) is 0 Å². The maximum Gasteiger partial charge on any atom is 0.0774 e. The van der Waals surface area contributed by atoms with Crippen molar-refractivity contribution >= 4 is 0 Å². The molecule has 0 bridgehead atoms. The second kappa shape index (κ2) is 6.59. The molecule has 2 heteroatoms. The summed E-state index contributed by atoms with van der Waals surface area (Å²) < 4.78 is 0. The highest BCUT2D eigenvalue weighted by Gasteiger charge is 2.02. The number of aryl methyl sites for hydroxylation is 2. The van der Waals surface area contributed by atoms with Crippen LogP contribution >= 0.6 is 0 Å². The first kappa shape index (κ1) is 12.2. The molecule has 0 spiro atoms. The predicted molar refractivity (Wildman–Crippen MR) is 61.9 cm³/mol. The largest absolute Gasteiger partial charge is 0.394 e. The van der Waals surface area contributed by atoms with Crippen molar-refractivity contribution in [2.75, 3.05) is 6.61 Å². The lowest BCUT2D eigenvalue weighted by molar-refractivity contribution is 0.0886. The third-order valence-electron chi connectivity index (χ3n) is 2.54. The summed E-state index contributed by atoms with van der Waals surface area (Å²) in [4.78, 5) is 0. The minimum Gasteiger partial charge on any atom is -0.394 e. The van der Waals surface area contributed by atoms with E-state index in [0.717, 1.165) is 12.8 Å². The van der Waals surface area contributed by atoms with Gasteiger partial charge in [0.25, 0.3) is 0 Å². The zero-order chi connectivity index (χ0) is 11.1. The lowest BCUT2D eigenvalue weighted by atomic mass is 10.0. The van der Waals surface area contributed by atoms with Crippen molar-refractivity contribution in [1.29, 1.82) is 0 Å². The van der Waals surface area contributed by atoms with Crippen LogP contribution in [0.15, 0.2) is 24.3 Å². The third kappa shape index (κ3) is 4.45. The van der Waals surface area contributed by atoms with Crippen molar-refractivity contribution in [3.8, 4) is 0 Å². The van der Waals surface area contributed by atoms with Crippen molar-refractivity contribution in [1.82, 2.24) is 0 Å². The molecule has 0 saturated carbocycles. The average Bonchev–Trinajstić information content (AvgIpc) is 2.28. The molecule has 1 aromatic carbocycles. The van der Waals surface area contributed by atoms with Crippen LogP contribution in [0.25, 0.3) is 0 Å². The molecule has 0 heterocycles. The predicted octanol–water partition coefficient (Wildman–Crippen LogP) is 1.92. The number of benzene rings is 1. The molecule has 1 unspecified atom stereocenters. The van der Waals surface area contributed by atoms with Gasteiger partial charge in [0.1, 0.15) is 0 Å². The Hall–Kier alpha value is -0.860. The Morgan fingerprint density at radius 1 is 1.07 bits per heavy atom. The summed E-state index contributed by atoms with van der Waals surface area (Å²) in [7, 11) is 0. The van der Waals surface area contributed by atoms with Gasteiger partial charge < -0.3 is 10.2 Å². The summed E-state index contributed by atoms with van der Waals surface area (Å²) in [6, 6.07) is 8.50. The van der Waals surface area contributed by atoms with E-state index in [1.807, 2.05) is 0 Å². The summed E-state index contributed by atoms with van der Waals surface area (Å²) in [6.45, 7) is 2.03. The quantitative estimate of drug-likeness (QED) is 0.750. The normalized spacial score (nSPS) is 12.7. The Kier molecular flexibility index (Phi) is 5.37. The van der Waals surface area contributed by atoms with Crippen LogP contribution in [0.1, 0.15) is 30.9 Å². The highest BCUT2D eigenvalue weighted by molar-refractivity contribution is 5.22. The number of aliphatic hydroxyl groups is 2. The zero-order valence-electron chi connectivity index (χ0n) is 9.32. The van der Waals surface area contributed by atoms with Gasteiger partial charge in [0.2, 0.25) is 0 Å². The molecule has 1 aromatic rings. The molecule has 1 rings (SSSR count). The fraction of sp³-hybridized carbons (Fsp3) is 0.538. The van der Waals surface area contributed by atoms with E-state index >= 15 is 0 Å². The first-order chi connectivity index (χ1) is 7.26. The maximum absolute atomic E-state index is 9.21. The molecule has 0 fully saturated rings. The summed E-state index contributed by atoms with van der Waals surface area (Å²) >= 11 is 0. The van der Waals surface area contributed by atoms with Gasteiger partial charge in [-0.1, -0.05) is 37.6 Å². The number of hydrogen-bond donors (Lipinski definition) is 2. The number of rotatable bonds is 6. The first-order valence-corrected chi connectivity index (χ1v) is 5.63. The van der Waals surface area contributed by atoms with E-state index in [1.165, 1.54) is 17.5 Å². The molecule has 15 heavy (non-hydrogen) atoms. The molecule has 0 aliphatic carbocycles. The molecular weight excluding hydrogens is 188 g/mol. The summed E-state index contributed by atoms with van der Waals surface area (Å²) in [5.74, 6) is 0. The SMILES string of the molecule is CCCc1ccc(CCC(O)CO)cc1. The molecule has 0 aromatic heterocycles. The van der Waals surface area contributed by atoms with Crippen LogP contribution < -0.4 is 0 Å². The van der Waals surface area contributed by atoms with Crippen LogP contribution in [0, 0.1) is 0 Å². The van der Waals surface area contributed by atoms with Crippen LogP contribution in [0.4, 0.5) is 0 Å². The van der Waals surface area contributed by atoms with E-state index in [1.54, 1.807) is 0 Å². The van der Waals surface area contributed by atoms with Gasteiger partial charge in [-0.2, -0.15) is 0 Å². The Morgan fingerprint density at radius 2 is 1.60 bits per heavy atom. The van der Waals surface area contributed by atoms with Crippen molar-refractivity contribution in [3.05, 3.63) is 35.4 Å². The molecule has 1 atom stereocenters. The molecular formula is C13H20O2. The van der Waals surface area contributed by atoms with Gasteiger partial charge >= 0.3 is 0 Å². The zero-order valence-corrected chi connectivity index (χ0v) is 9.32. The number of aliphatic hydroxyl groups excluding tert-OH is 2. The monoisotopic (exact) mass is 208 g/mol. The van der Waals surface area contributed by atoms with Crippen LogP contribution in [0.5, 0.6) is 0 Å². The van der Waals surface area contributed by atoms with Gasteiger partial charge in [-0.3, -0.25) is 0 Å². The van der Waals surface area contributed by atoms with Gasteiger partial charge in [-0.15, -0.1) is 0 Å². The standard InChI is InChI=1S/C13H20O2/c1-2-3-11-4-6-12(7-5-11)8-9-13(15)10-14/h4-7,13-15H,2-3,8-10H2,1H3. The third-order valence-corrected chi connectivity index (χ3v) is 2.54. The highest BCUT2D eigenvalue weighted by Crippen LogP contribution is 2.09. The molecule has 2 nitrogen and oxygen atoms in total. The molecule has 84 valence electrons. The maximum atomic E-state index is 9.21. The second-order valence-electron chi connectivity index (χ2n) is 3.94. The minimum absolute atomic E-state index is 0.145. The highest BCUT2D eigenvalue weighted by atomic mass is 16.3. The summed E-state index contributed by atoms with van der Waals surface area (Å²) in [6.07, 6.45) is 3.17. The van der Waals surface area contributed by atoms with Crippen molar-refractivity contribution in [3.63, 3.8) is 0 Å². The minimum atomic E-state index is -0.583. The van der Waals surface area contributed by atoms with Crippen LogP contribution in [0.3, 0.4) is 0 Å². The lowest BCUT2D eigenvalue weighted by Gasteiger charge is -2.07. The first-order valence-electron chi connectivity index (χ1n) is 5.63. The van der Waals surface area contributed by atoms with E-state index in [2.05, 4.69) is 31.2 Å². The molecule has 0 saturated heterocycles. The Labute approximate surface area is 91.6 Å². The van der Waals surface area contributed by atoms with Gasteiger partial charge in [0.15, 0.2) is 0 Å². The topological polar surface area (TPSA) is 40.5 Å². The van der Waals surface area contributed by atoms with Gasteiger partial charge in [-0.05, 0) is 30.4 Å².